The maximum Gasteiger partial charge on any atom is 0.223 e. The van der Waals surface area contributed by atoms with Crippen LogP contribution < -0.4 is 16.4 Å². The van der Waals surface area contributed by atoms with Crippen molar-refractivity contribution in [1.29, 1.82) is 0 Å². The van der Waals surface area contributed by atoms with Gasteiger partial charge in [-0.15, -0.1) is 0 Å². The molecular weight excluding hydrogens is 202 g/mol. The van der Waals surface area contributed by atoms with Crippen LogP contribution in [0.25, 0.3) is 0 Å². The first-order valence-corrected chi connectivity index (χ1v) is 5.89. The molecule has 2 fully saturated rings. The van der Waals surface area contributed by atoms with Crippen LogP contribution in [0.5, 0.6) is 0 Å². The highest BCUT2D eigenvalue weighted by Crippen LogP contribution is 2.37. The van der Waals surface area contributed by atoms with Gasteiger partial charge in [0.05, 0.1) is 0 Å². The highest BCUT2D eigenvalue weighted by atomic mass is 15.3. The monoisotopic (exact) mass is 219 g/mol. The molecule has 5 heteroatoms. The molecule has 0 amide bonds. The van der Waals surface area contributed by atoms with Crippen LogP contribution in [-0.4, -0.2) is 22.6 Å². The van der Waals surface area contributed by atoms with E-state index in [2.05, 4.69) is 14.9 Å². The second-order valence-electron chi connectivity index (χ2n) is 4.84. The number of hydrogen-bond donors (Lipinski definition) is 2. The van der Waals surface area contributed by atoms with Crippen LogP contribution >= 0.6 is 0 Å². The molecule has 4 N–H and O–H groups in total. The molecule has 0 radical (unpaired) electrons. The highest BCUT2D eigenvalue weighted by molar-refractivity contribution is 5.52. The third-order valence-electron chi connectivity index (χ3n) is 3.18. The minimum Gasteiger partial charge on any atom is -0.383 e. The maximum absolute atomic E-state index is 5.71. The molecule has 0 unspecified atom stereocenters. The molecule has 1 heterocycles. The zero-order valence-corrected chi connectivity index (χ0v) is 9.26. The first-order chi connectivity index (χ1) is 7.72. The van der Waals surface area contributed by atoms with Gasteiger partial charge in [0.15, 0.2) is 0 Å². The van der Waals surface area contributed by atoms with Gasteiger partial charge in [-0.05, 0) is 31.6 Å². The van der Waals surface area contributed by atoms with Crippen LogP contribution in [0.4, 0.5) is 17.6 Å². The fourth-order valence-electron chi connectivity index (χ4n) is 2.01. The quantitative estimate of drug-likeness (QED) is 0.790. The van der Waals surface area contributed by atoms with Crippen molar-refractivity contribution < 1.29 is 0 Å². The first kappa shape index (κ1) is 9.69. The highest BCUT2D eigenvalue weighted by Gasteiger charge is 2.34. The Balaban J connectivity index is 1.84. The summed E-state index contributed by atoms with van der Waals surface area (Å²) in [6.07, 6.45) is 5.21. The van der Waals surface area contributed by atoms with Crippen LogP contribution in [0.15, 0.2) is 6.07 Å². The lowest BCUT2D eigenvalue weighted by Gasteiger charge is -2.23. The molecule has 16 heavy (non-hydrogen) atoms. The summed E-state index contributed by atoms with van der Waals surface area (Å²) in [5, 5.41) is 0. The van der Waals surface area contributed by atoms with Gasteiger partial charge in [0.25, 0.3) is 0 Å². The molecule has 0 aliphatic heterocycles. The molecular formula is C11H17N5. The molecule has 5 nitrogen and oxygen atoms in total. The molecule has 2 saturated carbocycles. The minimum atomic E-state index is 0.274. The molecule has 0 aromatic carbocycles. The Kier molecular flexibility index (Phi) is 2.12. The number of hydrogen-bond acceptors (Lipinski definition) is 5. The van der Waals surface area contributed by atoms with Gasteiger partial charge in [0.2, 0.25) is 5.95 Å². The Bertz CT molecular complexity index is 377. The smallest absolute Gasteiger partial charge is 0.223 e. The SMILES string of the molecule is Nc1cc(N(CC2CC2)C2CC2)nc(N)n1. The van der Waals surface area contributed by atoms with Crippen molar-refractivity contribution in [1.82, 2.24) is 9.97 Å². The lowest BCUT2D eigenvalue weighted by atomic mass is 10.3. The predicted molar refractivity (Wildman–Crippen MR) is 63.9 cm³/mol. The average molecular weight is 219 g/mol. The van der Waals surface area contributed by atoms with E-state index in [-0.39, 0.29) is 5.95 Å². The Morgan fingerprint density at radius 3 is 2.50 bits per heavy atom. The second-order valence-corrected chi connectivity index (χ2v) is 4.84. The van der Waals surface area contributed by atoms with Crippen molar-refractivity contribution in [2.45, 2.75) is 31.7 Å². The predicted octanol–water partition coefficient (Wildman–Crippen LogP) is 1.02. The zero-order chi connectivity index (χ0) is 11.1. The molecule has 0 atom stereocenters. The van der Waals surface area contributed by atoms with E-state index in [4.69, 9.17) is 11.5 Å². The van der Waals surface area contributed by atoms with Crippen molar-refractivity contribution in [2.75, 3.05) is 22.9 Å². The van der Waals surface area contributed by atoms with Gasteiger partial charge in [0.1, 0.15) is 11.6 Å². The van der Waals surface area contributed by atoms with E-state index in [1.54, 1.807) is 0 Å². The number of nitrogens with zero attached hydrogens (tertiary/aromatic N) is 3. The fourth-order valence-corrected chi connectivity index (χ4v) is 2.01. The van der Waals surface area contributed by atoms with Crippen molar-refractivity contribution in [3.8, 4) is 0 Å². The van der Waals surface area contributed by atoms with Gasteiger partial charge in [0, 0.05) is 18.7 Å². The molecule has 2 aliphatic carbocycles. The fraction of sp³-hybridized carbons (Fsp3) is 0.636. The maximum atomic E-state index is 5.71. The summed E-state index contributed by atoms with van der Waals surface area (Å²) in [5.74, 6) is 2.48. The van der Waals surface area contributed by atoms with Gasteiger partial charge in [-0.25, -0.2) is 0 Å². The minimum absolute atomic E-state index is 0.274. The summed E-state index contributed by atoms with van der Waals surface area (Å²) < 4.78 is 0. The number of nitrogen functional groups attached to an aromatic ring is 2. The third kappa shape index (κ3) is 2.03. The van der Waals surface area contributed by atoms with E-state index in [1.807, 2.05) is 6.07 Å². The van der Waals surface area contributed by atoms with Crippen molar-refractivity contribution in [3.63, 3.8) is 0 Å². The summed E-state index contributed by atoms with van der Waals surface area (Å²) in [5.41, 5.74) is 11.3. The molecule has 86 valence electrons. The van der Waals surface area contributed by atoms with E-state index in [9.17, 15) is 0 Å². The van der Waals surface area contributed by atoms with Crippen molar-refractivity contribution >= 4 is 17.6 Å². The van der Waals surface area contributed by atoms with Crippen LogP contribution in [-0.2, 0) is 0 Å². The Hall–Kier alpha value is -1.52. The first-order valence-electron chi connectivity index (χ1n) is 5.89. The molecule has 1 aromatic rings. The lowest BCUT2D eigenvalue weighted by molar-refractivity contribution is 0.709. The van der Waals surface area contributed by atoms with E-state index < -0.39 is 0 Å². The van der Waals surface area contributed by atoms with E-state index in [0.717, 1.165) is 18.3 Å². The van der Waals surface area contributed by atoms with Crippen LogP contribution in [0.2, 0.25) is 0 Å². The number of nitrogens with two attached hydrogens (primary N) is 2. The topological polar surface area (TPSA) is 81.1 Å². The largest absolute Gasteiger partial charge is 0.383 e. The Labute approximate surface area is 94.9 Å². The second kappa shape index (κ2) is 3.50. The molecule has 0 saturated heterocycles. The lowest BCUT2D eigenvalue weighted by Crippen LogP contribution is -2.29. The van der Waals surface area contributed by atoms with E-state index in [0.29, 0.717) is 11.9 Å². The number of rotatable bonds is 4. The summed E-state index contributed by atoms with van der Waals surface area (Å²) in [6.45, 7) is 1.10. The van der Waals surface area contributed by atoms with Gasteiger partial charge < -0.3 is 16.4 Å². The van der Waals surface area contributed by atoms with Gasteiger partial charge in [-0.3, -0.25) is 0 Å². The van der Waals surface area contributed by atoms with Crippen molar-refractivity contribution in [3.05, 3.63) is 6.07 Å². The van der Waals surface area contributed by atoms with Gasteiger partial charge >= 0.3 is 0 Å². The van der Waals surface area contributed by atoms with Gasteiger partial charge in [-0.2, -0.15) is 9.97 Å². The Morgan fingerprint density at radius 2 is 1.94 bits per heavy atom. The number of anilines is 3. The number of aromatic nitrogens is 2. The molecule has 0 spiro atoms. The Morgan fingerprint density at radius 1 is 1.19 bits per heavy atom. The molecule has 2 aliphatic rings. The normalized spacial score (nSPS) is 19.8. The van der Waals surface area contributed by atoms with Gasteiger partial charge in [-0.1, -0.05) is 0 Å². The summed E-state index contributed by atoms with van der Waals surface area (Å²) in [6, 6.07) is 2.48. The van der Waals surface area contributed by atoms with E-state index >= 15 is 0 Å². The molecule has 0 bridgehead atoms. The van der Waals surface area contributed by atoms with Crippen molar-refractivity contribution in [2.24, 2.45) is 5.92 Å². The zero-order valence-electron chi connectivity index (χ0n) is 9.26. The van der Waals surface area contributed by atoms with Crippen LogP contribution in [0.1, 0.15) is 25.7 Å². The summed E-state index contributed by atoms with van der Waals surface area (Å²) >= 11 is 0. The molecule has 1 aromatic heterocycles. The molecule has 3 rings (SSSR count). The standard InChI is InChI=1S/C11H17N5/c12-9-5-10(15-11(13)14-9)16(8-3-4-8)6-7-1-2-7/h5,7-8H,1-4,6H2,(H4,12,13,14,15). The summed E-state index contributed by atoms with van der Waals surface area (Å²) in [4.78, 5) is 10.6. The van der Waals surface area contributed by atoms with Crippen LogP contribution in [0.3, 0.4) is 0 Å². The van der Waals surface area contributed by atoms with Crippen LogP contribution in [0, 0.1) is 5.92 Å². The van der Waals surface area contributed by atoms with E-state index in [1.165, 1.54) is 25.7 Å². The average Bonchev–Trinajstić information content (AvgIpc) is 3.07. The third-order valence-corrected chi connectivity index (χ3v) is 3.18. The summed E-state index contributed by atoms with van der Waals surface area (Å²) in [7, 11) is 0.